The smallest absolute Gasteiger partial charge is 0.306 e. The van der Waals surface area contributed by atoms with Gasteiger partial charge >= 0.3 is 12.3 Å². The zero-order chi connectivity index (χ0) is 11.5. The average molecular weight is 239 g/mol. The molecule has 0 aliphatic carbocycles. The van der Waals surface area contributed by atoms with E-state index in [1.54, 1.807) is 6.07 Å². The van der Waals surface area contributed by atoms with Crippen LogP contribution in [0.4, 0.5) is 23.7 Å². The Bertz CT molecular complexity index is 367. The van der Waals surface area contributed by atoms with Crippen LogP contribution in [0.3, 0.4) is 0 Å². The lowest BCUT2D eigenvalue weighted by Crippen LogP contribution is -2.40. The molecule has 0 spiro atoms. The van der Waals surface area contributed by atoms with E-state index >= 15 is 0 Å². The van der Waals surface area contributed by atoms with Crippen molar-refractivity contribution in [1.82, 2.24) is 5.32 Å². The van der Waals surface area contributed by atoms with Crippen molar-refractivity contribution in [2.75, 3.05) is 5.32 Å². The number of hydrogen-bond donors (Lipinski definition) is 2. The topological polar surface area (TPSA) is 41.1 Å². The second-order valence-corrected chi connectivity index (χ2v) is 2.96. The zero-order valence-corrected chi connectivity index (χ0v) is 7.99. The van der Waals surface area contributed by atoms with E-state index in [1.165, 1.54) is 18.2 Å². The molecule has 0 saturated heterocycles. The first-order valence-corrected chi connectivity index (χ1v) is 4.17. The highest BCUT2D eigenvalue weighted by atomic mass is 35.5. The van der Waals surface area contributed by atoms with E-state index in [0.717, 1.165) is 5.32 Å². The largest absolute Gasteiger partial charge is 0.485 e. The van der Waals surface area contributed by atoms with Crippen LogP contribution in [0, 0.1) is 0 Å². The van der Waals surface area contributed by atoms with Crippen molar-refractivity contribution < 1.29 is 18.0 Å². The normalized spacial score (nSPS) is 10.9. The van der Waals surface area contributed by atoms with Crippen LogP contribution in [0.5, 0.6) is 0 Å². The highest BCUT2D eigenvalue weighted by molar-refractivity contribution is 6.33. The molecular formula is C8H6ClF3N2O. The Kier molecular flexibility index (Phi) is 3.41. The van der Waals surface area contributed by atoms with E-state index in [-0.39, 0.29) is 10.7 Å². The first-order chi connectivity index (χ1) is 6.88. The molecule has 0 unspecified atom stereocenters. The van der Waals surface area contributed by atoms with Crippen molar-refractivity contribution >= 4 is 23.3 Å². The number of hydrogen-bond acceptors (Lipinski definition) is 1. The van der Waals surface area contributed by atoms with Crippen molar-refractivity contribution in [3.63, 3.8) is 0 Å². The van der Waals surface area contributed by atoms with Crippen molar-refractivity contribution in [2.45, 2.75) is 6.30 Å². The number of rotatable bonds is 1. The van der Waals surface area contributed by atoms with E-state index in [2.05, 4.69) is 0 Å². The van der Waals surface area contributed by atoms with Gasteiger partial charge in [-0.3, -0.25) is 0 Å². The molecule has 0 atom stereocenters. The standard InChI is InChI=1S/C8H6ClF3N2O/c9-5-3-1-2-4-6(5)13-7(15)14-8(10,11)12/h1-4H,(H2,13,14,15). The Morgan fingerprint density at radius 3 is 2.40 bits per heavy atom. The van der Waals surface area contributed by atoms with Crippen molar-refractivity contribution in [2.24, 2.45) is 0 Å². The predicted octanol–water partition coefficient (Wildman–Crippen LogP) is 2.98. The lowest BCUT2D eigenvalue weighted by Gasteiger charge is -2.10. The zero-order valence-electron chi connectivity index (χ0n) is 7.23. The summed E-state index contributed by atoms with van der Waals surface area (Å²) in [6.07, 6.45) is -4.76. The number of urea groups is 1. The Labute approximate surface area is 88.2 Å². The van der Waals surface area contributed by atoms with E-state index in [0.29, 0.717) is 0 Å². The molecular weight excluding hydrogens is 233 g/mol. The summed E-state index contributed by atoms with van der Waals surface area (Å²) < 4.78 is 35.1. The molecule has 1 aromatic rings. The Hall–Kier alpha value is -1.43. The molecule has 1 rings (SSSR count). The minimum Gasteiger partial charge on any atom is -0.306 e. The van der Waals surface area contributed by atoms with E-state index in [1.807, 2.05) is 5.32 Å². The number of carbonyl (C=O) groups excluding carboxylic acids is 1. The predicted molar refractivity (Wildman–Crippen MR) is 49.7 cm³/mol. The summed E-state index contributed by atoms with van der Waals surface area (Å²) in [6, 6.07) is 4.59. The van der Waals surface area contributed by atoms with Gasteiger partial charge in [-0.1, -0.05) is 23.7 Å². The summed E-state index contributed by atoms with van der Waals surface area (Å²) in [7, 11) is 0. The number of nitrogens with one attached hydrogen (secondary N) is 2. The van der Waals surface area contributed by atoms with Crippen molar-refractivity contribution in [1.29, 1.82) is 0 Å². The summed E-state index contributed by atoms with van der Waals surface area (Å²) >= 11 is 5.62. The van der Waals surface area contributed by atoms with Gasteiger partial charge in [-0.15, -0.1) is 0 Å². The summed E-state index contributed by atoms with van der Waals surface area (Å²) in [5, 5.41) is 2.91. The first-order valence-electron chi connectivity index (χ1n) is 3.79. The maximum absolute atomic E-state index is 11.7. The molecule has 0 saturated carbocycles. The highest BCUT2D eigenvalue weighted by Crippen LogP contribution is 2.20. The molecule has 82 valence electrons. The fraction of sp³-hybridized carbons (Fsp3) is 0.125. The van der Waals surface area contributed by atoms with Gasteiger partial charge in [0.2, 0.25) is 0 Å². The molecule has 0 bridgehead atoms. The molecule has 7 heteroatoms. The monoisotopic (exact) mass is 238 g/mol. The maximum Gasteiger partial charge on any atom is 0.485 e. The van der Waals surface area contributed by atoms with Gasteiger partial charge in [-0.2, -0.15) is 13.2 Å². The quantitative estimate of drug-likeness (QED) is 0.726. The van der Waals surface area contributed by atoms with Crippen LogP contribution >= 0.6 is 11.6 Å². The first kappa shape index (κ1) is 11.6. The number of para-hydroxylation sites is 1. The minimum atomic E-state index is -4.76. The third-order valence-corrected chi connectivity index (χ3v) is 1.71. The fourth-order valence-electron chi connectivity index (χ4n) is 0.845. The van der Waals surface area contributed by atoms with Gasteiger partial charge in [-0.25, -0.2) is 10.1 Å². The van der Waals surface area contributed by atoms with Crippen molar-refractivity contribution in [3.05, 3.63) is 29.3 Å². The Morgan fingerprint density at radius 2 is 1.87 bits per heavy atom. The van der Waals surface area contributed by atoms with E-state index in [9.17, 15) is 18.0 Å². The molecule has 0 aromatic heterocycles. The molecule has 0 radical (unpaired) electrons. The Balaban J connectivity index is 2.64. The van der Waals surface area contributed by atoms with Gasteiger partial charge in [0.15, 0.2) is 0 Å². The van der Waals surface area contributed by atoms with Crippen LogP contribution in [0.1, 0.15) is 0 Å². The van der Waals surface area contributed by atoms with Crippen LogP contribution in [-0.4, -0.2) is 12.3 Å². The van der Waals surface area contributed by atoms with Gasteiger partial charge in [0.05, 0.1) is 10.7 Å². The fourth-order valence-corrected chi connectivity index (χ4v) is 1.03. The minimum absolute atomic E-state index is 0.112. The third kappa shape index (κ3) is 4.07. The lowest BCUT2D eigenvalue weighted by atomic mass is 10.3. The second kappa shape index (κ2) is 4.39. The molecule has 0 aliphatic rings. The number of benzene rings is 1. The van der Waals surface area contributed by atoms with Gasteiger partial charge in [0, 0.05) is 0 Å². The van der Waals surface area contributed by atoms with Gasteiger partial charge in [0.25, 0.3) is 0 Å². The van der Waals surface area contributed by atoms with E-state index in [4.69, 9.17) is 11.6 Å². The number of halogens is 4. The van der Waals surface area contributed by atoms with Gasteiger partial charge in [-0.05, 0) is 12.1 Å². The van der Waals surface area contributed by atoms with Gasteiger partial charge < -0.3 is 5.32 Å². The van der Waals surface area contributed by atoms with Crippen molar-refractivity contribution in [3.8, 4) is 0 Å². The summed E-state index contributed by atoms with van der Waals surface area (Å²) in [4.78, 5) is 10.8. The molecule has 0 fully saturated rings. The van der Waals surface area contributed by atoms with Crippen LogP contribution in [-0.2, 0) is 0 Å². The molecule has 0 heterocycles. The maximum atomic E-state index is 11.7. The SMILES string of the molecule is O=C(Nc1ccccc1Cl)NC(F)(F)F. The number of alkyl halides is 3. The van der Waals surface area contributed by atoms with E-state index < -0.39 is 12.3 Å². The number of amides is 2. The molecule has 0 aliphatic heterocycles. The number of carbonyl (C=O) groups is 1. The molecule has 2 amide bonds. The molecule has 1 aromatic carbocycles. The van der Waals surface area contributed by atoms with Crippen LogP contribution < -0.4 is 10.6 Å². The average Bonchev–Trinajstić information content (AvgIpc) is 2.05. The lowest BCUT2D eigenvalue weighted by molar-refractivity contribution is -0.144. The summed E-state index contributed by atoms with van der Waals surface area (Å²) in [5.41, 5.74) is 0.112. The second-order valence-electron chi connectivity index (χ2n) is 2.56. The number of anilines is 1. The van der Waals surface area contributed by atoms with Crippen LogP contribution in [0.25, 0.3) is 0 Å². The third-order valence-electron chi connectivity index (χ3n) is 1.38. The molecule has 2 N–H and O–H groups in total. The summed E-state index contributed by atoms with van der Waals surface area (Å²) in [6.45, 7) is 0. The molecule has 15 heavy (non-hydrogen) atoms. The van der Waals surface area contributed by atoms with Crippen LogP contribution in [0.2, 0.25) is 5.02 Å². The molecule has 3 nitrogen and oxygen atoms in total. The van der Waals surface area contributed by atoms with Gasteiger partial charge in [0.1, 0.15) is 0 Å². The Morgan fingerprint density at radius 1 is 1.27 bits per heavy atom. The summed E-state index contributed by atoms with van der Waals surface area (Å²) in [5.74, 6) is 0. The van der Waals surface area contributed by atoms with Crippen LogP contribution in [0.15, 0.2) is 24.3 Å². The highest BCUT2D eigenvalue weighted by Gasteiger charge is 2.30.